The Kier molecular flexibility index (Phi) is 4.69. The molecule has 0 aliphatic carbocycles. The van der Waals surface area contributed by atoms with Crippen molar-refractivity contribution in [2.24, 2.45) is 0 Å². The molecule has 1 heterocycles. The molecule has 0 spiro atoms. The fourth-order valence-corrected chi connectivity index (χ4v) is 3.04. The van der Waals surface area contributed by atoms with Gasteiger partial charge in [0.05, 0.1) is 0 Å². The average Bonchev–Trinajstić information content (AvgIpc) is 2.55. The van der Waals surface area contributed by atoms with Crippen LogP contribution in [0.1, 0.15) is 23.6 Å². The molecule has 1 unspecified atom stereocenters. The Morgan fingerprint density at radius 3 is 2.52 bits per heavy atom. The minimum absolute atomic E-state index is 0.571. The normalized spacial score (nSPS) is 16.4. The van der Waals surface area contributed by atoms with E-state index in [1.165, 1.54) is 29.7 Å². The zero-order valence-corrected chi connectivity index (χ0v) is 12.8. The highest BCUT2D eigenvalue weighted by atomic mass is 15.2. The van der Waals surface area contributed by atoms with Crippen LogP contribution < -0.4 is 5.32 Å². The van der Waals surface area contributed by atoms with Gasteiger partial charge < -0.3 is 5.32 Å². The van der Waals surface area contributed by atoms with Gasteiger partial charge in [0.2, 0.25) is 0 Å². The fourth-order valence-electron chi connectivity index (χ4n) is 3.04. The van der Waals surface area contributed by atoms with Crippen LogP contribution in [0.4, 0.5) is 0 Å². The van der Waals surface area contributed by atoms with Crippen LogP contribution in [0.15, 0.2) is 54.6 Å². The van der Waals surface area contributed by atoms with Gasteiger partial charge in [-0.3, -0.25) is 4.90 Å². The highest BCUT2D eigenvalue weighted by Gasteiger charge is 2.19. The molecule has 1 atom stereocenters. The van der Waals surface area contributed by atoms with E-state index in [0.717, 1.165) is 19.6 Å². The van der Waals surface area contributed by atoms with E-state index in [0.29, 0.717) is 6.04 Å². The lowest BCUT2D eigenvalue weighted by Gasteiger charge is -2.33. The van der Waals surface area contributed by atoms with E-state index in [1.54, 1.807) is 0 Å². The lowest BCUT2D eigenvalue weighted by Crippen LogP contribution is -2.42. The van der Waals surface area contributed by atoms with Gasteiger partial charge in [0, 0.05) is 32.2 Å². The van der Waals surface area contributed by atoms with E-state index in [-0.39, 0.29) is 0 Å². The summed E-state index contributed by atoms with van der Waals surface area (Å²) in [7, 11) is 0. The van der Waals surface area contributed by atoms with Crippen molar-refractivity contribution >= 4 is 0 Å². The minimum atomic E-state index is 0.571. The van der Waals surface area contributed by atoms with Gasteiger partial charge in [0.15, 0.2) is 0 Å². The maximum absolute atomic E-state index is 3.58. The summed E-state index contributed by atoms with van der Waals surface area (Å²) in [6, 6.07) is 20.0. The molecule has 0 aromatic heterocycles. The third kappa shape index (κ3) is 3.72. The smallest absolute Gasteiger partial charge is 0.0239 e. The van der Waals surface area contributed by atoms with E-state index >= 15 is 0 Å². The first kappa shape index (κ1) is 14.3. The molecule has 2 heteroatoms. The second-order valence-corrected chi connectivity index (χ2v) is 5.95. The summed E-state index contributed by atoms with van der Waals surface area (Å²) in [6.45, 7) is 6.58. The Morgan fingerprint density at radius 2 is 1.71 bits per heavy atom. The Hall–Kier alpha value is -1.64. The number of hydrogen-bond donors (Lipinski definition) is 1. The SMILES string of the molecule is CC(CNCc1ccccc1)N1CCc2ccccc2C1. The van der Waals surface area contributed by atoms with Gasteiger partial charge in [-0.15, -0.1) is 0 Å². The van der Waals surface area contributed by atoms with Gasteiger partial charge in [-0.2, -0.15) is 0 Å². The third-order valence-electron chi connectivity index (χ3n) is 4.40. The third-order valence-corrected chi connectivity index (χ3v) is 4.40. The fraction of sp³-hybridized carbons (Fsp3) is 0.368. The zero-order valence-electron chi connectivity index (χ0n) is 12.8. The molecule has 1 aliphatic rings. The van der Waals surface area contributed by atoms with Crippen LogP contribution in [0, 0.1) is 0 Å². The molecule has 0 saturated carbocycles. The van der Waals surface area contributed by atoms with Crippen LogP contribution in [-0.4, -0.2) is 24.0 Å². The molecule has 0 radical (unpaired) electrons. The second kappa shape index (κ2) is 6.88. The van der Waals surface area contributed by atoms with Crippen LogP contribution in [0.2, 0.25) is 0 Å². The summed E-state index contributed by atoms with van der Waals surface area (Å²) in [5, 5.41) is 3.58. The number of nitrogens with one attached hydrogen (secondary N) is 1. The van der Waals surface area contributed by atoms with E-state index in [1.807, 2.05) is 0 Å². The first-order valence-corrected chi connectivity index (χ1v) is 7.88. The van der Waals surface area contributed by atoms with Crippen LogP contribution in [-0.2, 0) is 19.5 Å². The summed E-state index contributed by atoms with van der Waals surface area (Å²) in [6.07, 6.45) is 1.18. The molecule has 0 fully saturated rings. The van der Waals surface area contributed by atoms with Crippen molar-refractivity contribution in [1.29, 1.82) is 0 Å². The van der Waals surface area contributed by atoms with Crippen LogP contribution in [0.5, 0.6) is 0 Å². The predicted molar refractivity (Wildman–Crippen MR) is 88.2 cm³/mol. The molecule has 0 bridgehead atoms. The topological polar surface area (TPSA) is 15.3 Å². The second-order valence-electron chi connectivity index (χ2n) is 5.95. The molecule has 2 aromatic carbocycles. The number of rotatable bonds is 5. The molecule has 2 nitrogen and oxygen atoms in total. The van der Waals surface area contributed by atoms with Crippen LogP contribution in [0.25, 0.3) is 0 Å². The summed E-state index contributed by atoms with van der Waals surface area (Å²) in [4.78, 5) is 2.58. The van der Waals surface area contributed by atoms with Crippen molar-refractivity contribution < 1.29 is 0 Å². The van der Waals surface area contributed by atoms with Gasteiger partial charge >= 0.3 is 0 Å². The average molecular weight is 280 g/mol. The maximum Gasteiger partial charge on any atom is 0.0239 e. The summed E-state index contributed by atoms with van der Waals surface area (Å²) in [5.41, 5.74) is 4.38. The molecular formula is C19H24N2. The zero-order chi connectivity index (χ0) is 14.5. The van der Waals surface area contributed by atoms with Gasteiger partial charge in [-0.1, -0.05) is 54.6 Å². The van der Waals surface area contributed by atoms with Crippen molar-refractivity contribution in [3.63, 3.8) is 0 Å². The van der Waals surface area contributed by atoms with Gasteiger partial charge in [-0.25, -0.2) is 0 Å². The first-order chi connectivity index (χ1) is 10.3. The van der Waals surface area contributed by atoms with Crippen LogP contribution >= 0.6 is 0 Å². The number of nitrogens with zero attached hydrogens (tertiary/aromatic N) is 1. The Balaban J connectivity index is 1.49. The highest BCUT2D eigenvalue weighted by molar-refractivity contribution is 5.29. The highest BCUT2D eigenvalue weighted by Crippen LogP contribution is 2.19. The number of fused-ring (bicyclic) bond motifs is 1. The Bertz CT molecular complexity index is 565. The summed E-state index contributed by atoms with van der Waals surface area (Å²) in [5.74, 6) is 0. The molecule has 21 heavy (non-hydrogen) atoms. The molecule has 1 N–H and O–H groups in total. The van der Waals surface area contributed by atoms with Gasteiger partial charge in [-0.05, 0) is 30.0 Å². The molecule has 0 amide bonds. The number of hydrogen-bond acceptors (Lipinski definition) is 2. The molecule has 110 valence electrons. The summed E-state index contributed by atoms with van der Waals surface area (Å²) >= 11 is 0. The summed E-state index contributed by atoms with van der Waals surface area (Å²) < 4.78 is 0. The monoisotopic (exact) mass is 280 g/mol. The number of benzene rings is 2. The maximum atomic E-state index is 3.58. The van der Waals surface area contributed by atoms with E-state index in [2.05, 4.69) is 71.7 Å². The van der Waals surface area contributed by atoms with Gasteiger partial charge in [0.25, 0.3) is 0 Å². The van der Waals surface area contributed by atoms with Crippen molar-refractivity contribution in [1.82, 2.24) is 10.2 Å². The largest absolute Gasteiger partial charge is 0.311 e. The lowest BCUT2D eigenvalue weighted by atomic mass is 9.99. The molecule has 0 saturated heterocycles. The van der Waals surface area contributed by atoms with E-state index in [9.17, 15) is 0 Å². The van der Waals surface area contributed by atoms with Gasteiger partial charge in [0.1, 0.15) is 0 Å². The lowest BCUT2D eigenvalue weighted by molar-refractivity contribution is 0.186. The van der Waals surface area contributed by atoms with E-state index in [4.69, 9.17) is 0 Å². The van der Waals surface area contributed by atoms with Crippen molar-refractivity contribution in [2.45, 2.75) is 32.5 Å². The van der Waals surface area contributed by atoms with E-state index < -0.39 is 0 Å². The molecule has 2 aromatic rings. The minimum Gasteiger partial charge on any atom is -0.311 e. The Labute approximate surface area is 127 Å². The van der Waals surface area contributed by atoms with Crippen molar-refractivity contribution in [2.75, 3.05) is 13.1 Å². The predicted octanol–water partition coefficient (Wildman–Crippen LogP) is 3.22. The Morgan fingerprint density at radius 1 is 1.00 bits per heavy atom. The molecular weight excluding hydrogens is 256 g/mol. The van der Waals surface area contributed by atoms with Crippen LogP contribution in [0.3, 0.4) is 0 Å². The standard InChI is InChI=1S/C19H24N2/c1-16(13-20-14-17-7-3-2-4-8-17)21-12-11-18-9-5-6-10-19(18)15-21/h2-10,16,20H,11-15H2,1H3. The first-order valence-electron chi connectivity index (χ1n) is 7.88. The molecule has 3 rings (SSSR count). The van der Waals surface area contributed by atoms with Crippen molar-refractivity contribution in [3.05, 3.63) is 71.3 Å². The molecule has 1 aliphatic heterocycles. The van der Waals surface area contributed by atoms with Crippen molar-refractivity contribution in [3.8, 4) is 0 Å². The quantitative estimate of drug-likeness (QED) is 0.904.